The van der Waals surface area contributed by atoms with Gasteiger partial charge in [-0.05, 0) is 37.8 Å². The van der Waals surface area contributed by atoms with E-state index in [9.17, 15) is 4.79 Å². The average molecular weight is 310 g/mol. The van der Waals surface area contributed by atoms with E-state index in [1.807, 2.05) is 55.1 Å². The lowest BCUT2D eigenvalue weighted by molar-refractivity contribution is 0.179. The molecule has 0 radical (unpaired) electrons. The quantitative estimate of drug-likeness (QED) is 0.762. The summed E-state index contributed by atoms with van der Waals surface area (Å²) in [4.78, 5) is 14.3. The maximum atomic E-state index is 12.4. The Hall–Kier alpha value is -2.29. The molecule has 0 unspecified atom stereocenters. The molecule has 0 fully saturated rings. The zero-order chi connectivity index (χ0) is 16.5. The number of rotatable bonds is 7. The van der Waals surface area contributed by atoms with Crippen LogP contribution in [0.25, 0.3) is 0 Å². The number of benzene rings is 2. The molecule has 2 aromatic carbocycles. The average Bonchev–Trinajstić information content (AvgIpc) is 2.58. The zero-order valence-electron chi connectivity index (χ0n) is 14.0. The molecule has 2 aromatic rings. The number of carbonyl (C=O) groups is 1. The van der Waals surface area contributed by atoms with Gasteiger partial charge in [0, 0.05) is 19.1 Å². The minimum atomic E-state index is 0.0110. The smallest absolute Gasteiger partial charge is 0.317 e. The lowest BCUT2D eigenvalue weighted by Crippen LogP contribution is -2.43. The molecular formula is C20H26N2O. The van der Waals surface area contributed by atoms with Gasteiger partial charge in [-0.1, -0.05) is 60.7 Å². The van der Waals surface area contributed by atoms with E-state index in [-0.39, 0.29) is 12.1 Å². The number of nitrogens with one attached hydrogen (secondary N) is 1. The maximum absolute atomic E-state index is 12.4. The first kappa shape index (κ1) is 17.1. The lowest BCUT2D eigenvalue weighted by Gasteiger charge is -2.27. The summed E-state index contributed by atoms with van der Waals surface area (Å²) in [5, 5.41) is 3.04. The van der Waals surface area contributed by atoms with Crippen molar-refractivity contribution < 1.29 is 4.79 Å². The molecule has 3 heteroatoms. The van der Waals surface area contributed by atoms with Gasteiger partial charge in [0.15, 0.2) is 0 Å². The third-order valence-electron chi connectivity index (χ3n) is 3.84. The van der Waals surface area contributed by atoms with Gasteiger partial charge in [-0.15, -0.1) is 0 Å². The number of hydrogen-bond acceptors (Lipinski definition) is 1. The highest BCUT2D eigenvalue weighted by atomic mass is 16.2. The van der Waals surface area contributed by atoms with Crippen molar-refractivity contribution in [1.82, 2.24) is 10.2 Å². The van der Waals surface area contributed by atoms with Crippen LogP contribution < -0.4 is 5.32 Å². The summed E-state index contributed by atoms with van der Waals surface area (Å²) in [5.41, 5.74) is 2.47. The van der Waals surface area contributed by atoms with E-state index in [2.05, 4.69) is 29.6 Å². The van der Waals surface area contributed by atoms with E-state index >= 15 is 0 Å². The summed E-state index contributed by atoms with van der Waals surface area (Å²) in [5.74, 6) is 0. The standard InChI is InChI=1S/C20H26N2O/c1-17(2)22(16-19-12-7-4-8-13-19)20(23)21-15-9-14-18-10-5-3-6-11-18/h3-8,10-13,17H,9,14-16H2,1-2H3,(H,21,23). The molecule has 0 aliphatic rings. The Bertz CT molecular complexity index is 581. The maximum Gasteiger partial charge on any atom is 0.317 e. The number of urea groups is 1. The van der Waals surface area contributed by atoms with Gasteiger partial charge in [0.1, 0.15) is 0 Å². The summed E-state index contributed by atoms with van der Waals surface area (Å²) in [7, 11) is 0. The number of carbonyl (C=O) groups excluding carboxylic acids is 1. The summed E-state index contributed by atoms with van der Waals surface area (Å²) in [6.45, 7) is 5.44. The summed E-state index contributed by atoms with van der Waals surface area (Å²) in [6.07, 6.45) is 1.94. The molecule has 1 N–H and O–H groups in total. The van der Waals surface area contributed by atoms with Crippen LogP contribution in [0.2, 0.25) is 0 Å². The van der Waals surface area contributed by atoms with Crippen LogP contribution >= 0.6 is 0 Å². The van der Waals surface area contributed by atoms with E-state index in [0.29, 0.717) is 13.1 Å². The van der Waals surface area contributed by atoms with Gasteiger partial charge in [-0.25, -0.2) is 4.79 Å². The molecule has 2 rings (SSSR count). The van der Waals surface area contributed by atoms with Gasteiger partial charge in [-0.3, -0.25) is 0 Å². The topological polar surface area (TPSA) is 32.3 Å². The fraction of sp³-hybridized carbons (Fsp3) is 0.350. The van der Waals surface area contributed by atoms with Crippen LogP contribution in [0, 0.1) is 0 Å². The summed E-state index contributed by atoms with van der Waals surface area (Å²) in [6, 6.07) is 20.7. The molecule has 3 nitrogen and oxygen atoms in total. The fourth-order valence-electron chi connectivity index (χ4n) is 2.50. The number of hydrogen-bond donors (Lipinski definition) is 1. The van der Waals surface area contributed by atoms with Gasteiger partial charge in [0.25, 0.3) is 0 Å². The number of aryl methyl sites for hydroxylation is 1. The van der Waals surface area contributed by atoms with E-state index in [1.54, 1.807) is 0 Å². The molecule has 122 valence electrons. The van der Waals surface area contributed by atoms with E-state index in [1.165, 1.54) is 5.56 Å². The monoisotopic (exact) mass is 310 g/mol. The molecule has 0 saturated heterocycles. The van der Waals surface area contributed by atoms with Crippen molar-refractivity contribution >= 4 is 6.03 Å². The molecule has 0 bridgehead atoms. The first-order chi connectivity index (χ1) is 11.2. The minimum Gasteiger partial charge on any atom is -0.338 e. The Labute approximate surface area is 139 Å². The van der Waals surface area contributed by atoms with Gasteiger partial charge < -0.3 is 10.2 Å². The second kappa shape index (κ2) is 8.99. The predicted octanol–water partition coefficient (Wildman–Crippen LogP) is 4.24. The first-order valence-electron chi connectivity index (χ1n) is 8.29. The lowest BCUT2D eigenvalue weighted by atomic mass is 10.1. The van der Waals surface area contributed by atoms with Crippen molar-refractivity contribution in [2.24, 2.45) is 0 Å². The van der Waals surface area contributed by atoms with Crippen LogP contribution in [-0.2, 0) is 13.0 Å². The van der Waals surface area contributed by atoms with Crippen LogP contribution in [0.3, 0.4) is 0 Å². The third-order valence-corrected chi connectivity index (χ3v) is 3.84. The highest BCUT2D eigenvalue weighted by molar-refractivity contribution is 5.74. The van der Waals surface area contributed by atoms with E-state index < -0.39 is 0 Å². The molecule has 0 aromatic heterocycles. The molecule has 23 heavy (non-hydrogen) atoms. The fourth-order valence-corrected chi connectivity index (χ4v) is 2.50. The molecular weight excluding hydrogens is 284 g/mol. The highest BCUT2D eigenvalue weighted by Crippen LogP contribution is 2.08. The second-order valence-corrected chi connectivity index (χ2v) is 6.03. The second-order valence-electron chi connectivity index (χ2n) is 6.03. The highest BCUT2D eigenvalue weighted by Gasteiger charge is 2.16. The summed E-state index contributed by atoms with van der Waals surface area (Å²) < 4.78 is 0. The van der Waals surface area contributed by atoms with E-state index in [4.69, 9.17) is 0 Å². The van der Waals surface area contributed by atoms with Gasteiger partial charge in [0.2, 0.25) is 0 Å². The van der Waals surface area contributed by atoms with Crippen LogP contribution in [0.1, 0.15) is 31.4 Å². The molecule has 2 amide bonds. The molecule has 0 saturated carbocycles. The normalized spacial score (nSPS) is 10.6. The van der Waals surface area contributed by atoms with Gasteiger partial charge >= 0.3 is 6.03 Å². The minimum absolute atomic E-state index is 0.0110. The van der Waals surface area contributed by atoms with Crippen molar-refractivity contribution in [1.29, 1.82) is 0 Å². The first-order valence-corrected chi connectivity index (χ1v) is 8.29. The molecule has 0 atom stereocenters. The predicted molar refractivity (Wildman–Crippen MR) is 95.3 cm³/mol. The van der Waals surface area contributed by atoms with Crippen LogP contribution in [-0.4, -0.2) is 23.5 Å². The van der Waals surface area contributed by atoms with Crippen molar-refractivity contribution in [2.75, 3.05) is 6.54 Å². The van der Waals surface area contributed by atoms with Crippen LogP contribution in [0.4, 0.5) is 4.79 Å². The van der Waals surface area contributed by atoms with Crippen molar-refractivity contribution in [3.05, 3.63) is 71.8 Å². The van der Waals surface area contributed by atoms with Crippen molar-refractivity contribution in [3.63, 3.8) is 0 Å². The molecule has 0 heterocycles. The molecule has 0 aliphatic heterocycles. The zero-order valence-corrected chi connectivity index (χ0v) is 14.0. The Morgan fingerprint density at radius 2 is 1.52 bits per heavy atom. The largest absolute Gasteiger partial charge is 0.338 e. The Morgan fingerprint density at radius 3 is 2.09 bits per heavy atom. The molecule has 0 aliphatic carbocycles. The number of nitrogens with zero attached hydrogens (tertiary/aromatic N) is 1. The van der Waals surface area contributed by atoms with E-state index in [0.717, 1.165) is 18.4 Å². The third kappa shape index (κ3) is 5.78. The van der Waals surface area contributed by atoms with Gasteiger partial charge in [0.05, 0.1) is 0 Å². The van der Waals surface area contributed by atoms with Gasteiger partial charge in [-0.2, -0.15) is 0 Å². The Kier molecular flexibility index (Phi) is 6.67. The number of amides is 2. The van der Waals surface area contributed by atoms with Crippen molar-refractivity contribution in [2.45, 2.75) is 39.3 Å². The summed E-state index contributed by atoms with van der Waals surface area (Å²) >= 11 is 0. The molecule has 0 spiro atoms. The Balaban J connectivity index is 1.79. The van der Waals surface area contributed by atoms with Crippen LogP contribution in [0.5, 0.6) is 0 Å². The van der Waals surface area contributed by atoms with Crippen molar-refractivity contribution in [3.8, 4) is 0 Å². The Morgan fingerprint density at radius 1 is 0.957 bits per heavy atom. The van der Waals surface area contributed by atoms with Crippen LogP contribution in [0.15, 0.2) is 60.7 Å². The SMILES string of the molecule is CC(C)N(Cc1ccccc1)C(=O)NCCCc1ccccc1.